The van der Waals surface area contributed by atoms with Crippen LogP contribution in [0.25, 0.3) is 0 Å². The fourth-order valence-electron chi connectivity index (χ4n) is 1.85. The van der Waals surface area contributed by atoms with Crippen LogP contribution in [0.5, 0.6) is 0 Å². The van der Waals surface area contributed by atoms with Crippen LogP contribution in [0.15, 0.2) is 18.2 Å². The maximum absolute atomic E-state index is 6.14. The van der Waals surface area contributed by atoms with E-state index in [0.29, 0.717) is 0 Å². The zero-order valence-corrected chi connectivity index (χ0v) is 10.6. The Morgan fingerprint density at radius 1 is 1.12 bits per heavy atom. The van der Waals surface area contributed by atoms with Crippen LogP contribution < -0.4 is 5.73 Å². The van der Waals surface area contributed by atoms with Gasteiger partial charge in [-0.05, 0) is 32.3 Å². The first-order valence-corrected chi connectivity index (χ1v) is 6.05. The molecule has 16 heavy (non-hydrogen) atoms. The van der Waals surface area contributed by atoms with Crippen molar-refractivity contribution in [2.75, 3.05) is 13.2 Å². The normalized spacial score (nSPS) is 12.8. The summed E-state index contributed by atoms with van der Waals surface area (Å²) in [5.74, 6) is 0. The van der Waals surface area contributed by atoms with Crippen molar-refractivity contribution in [3.05, 3.63) is 34.9 Å². The lowest BCUT2D eigenvalue weighted by Gasteiger charge is -2.13. The summed E-state index contributed by atoms with van der Waals surface area (Å²) >= 11 is 0. The summed E-state index contributed by atoms with van der Waals surface area (Å²) in [6, 6.07) is 6.59. The first-order chi connectivity index (χ1) is 7.63. The summed E-state index contributed by atoms with van der Waals surface area (Å²) in [5.41, 5.74) is 9.91. The topological polar surface area (TPSA) is 35.2 Å². The molecule has 1 aromatic carbocycles. The molecule has 0 radical (unpaired) electrons. The highest BCUT2D eigenvalue weighted by Gasteiger charge is 2.06. The average molecular weight is 221 g/mol. The number of aryl methyl sites for hydroxylation is 2. The molecule has 2 heteroatoms. The molecule has 90 valence electrons. The summed E-state index contributed by atoms with van der Waals surface area (Å²) in [4.78, 5) is 0. The van der Waals surface area contributed by atoms with Gasteiger partial charge in [0, 0.05) is 19.3 Å². The highest BCUT2D eigenvalue weighted by Crippen LogP contribution is 2.17. The fourth-order valence-corrected chi connectivity index (χ4v) is 1.85. The first-order valence-electron chi connectivity index (χ1n) is 6.05. The van der Waals surface area contributed by atoms with Crippen LogP contribution in [0.2, 0.25) is 0 Å². The first kappa shape index (κ1) is 13.2. The predicted octanol–water partition coefficient (Wildman–Crippen LogP) is 3.12. The molecular formula is C14H23NO. The molecule has 0 saturated carbocycles. The molecule has 2 nitrogen and oxygen atoms in total. The van der Waals surface area contributed by atoms with Gasteiger partial charge in [-0.1, -0.05) is 36.2 Å². The number of rotatable bonds is 6. The van der Waals surface area contributed by atoms with E-state index in [4.69, 9.17) is 10.5 Å². The molecule has 1 aromatic rings. The molecule has 0 fully saturated rings. The Balaban J connectivity index is 2.48. The molecule has 0 amide bonds. The van der Waals surface area contributed by atoms with Gasteiger partial charge in [-0.2, -0.15) is 0 Å². The zero-order valence-electron chi connectivity index (χ0n) is 10.6. The van der Waals surface area contributed by atoms with E-state index < -0.39 is 0 Å². The molecule has 1 atom stereocenters. The lowest BCUT2D eigenvalue weighted by Crippen LogP contribution is -2.13. The van der Waals surface area contributed by atoms with Crippen molar-refractivity contribution in [1.29, 1.82) is 0 Å². The van der Waals surface area contributed by atoms with Gasteiger partial charge in [-0.15, -0.1) is 0 Å². The van der Waals surface area contributed by atoms with Crippen LogP contribution in [0.3, 0.4) is 0 Å². The van der Waals surface area contributed by atoms with Crippen molar-refractivity contribution in [1.82, 2.24) is 0 Å². The van der Waals surface area contributed by atoms with Crippen LogP contribution in [-0.4, -0.2) is 13.2 Å². The van der Waals surface area contributed by atoms with Gasteiger partial charge in [0.15, 0.2) is 0 Å². The third-order valence-electron chi connectivity index (χ3n) is 2.59. The van der Waals surface area contributed by atoms with Gasteiger partial charge in [0.1, 0.15) is 0 Å². The standard InChI is InChI=1S/C14H23NO/c1-4-6-16-7-5-14(15)13-9-11(2)8-12(3)10-13/h8-10,14H,4-7,15H2,1-3H3. The molecule has 1 rings (SSSR count). The van der Waals surface area contributed by atoms with Crippen LogP contribution in [-0.2, 0) is 4.74 Å². The van der Waals surface area contributed by atoms with E-state index in [1.807, 2.05) is 0 Å². The lowest BCUT2D eigenvalue weighted by molar-refractivity contribution is 0.128. The van der Waals surface area contributed by atoms with Crippen LogP contribution in [0, 0.1) is 13.8 Å². The van der Waals surface area contributed by atoms with E-state index in [0.717, 1.165) is 26.1 Å². The molecule has 0 aliphatic carbocycles. The summed E-state index contributed by atoms with van der Waals surface area (Å²) in [6.07, 6.45) is 1.96. The predicted molar refractivity (Wildman–Crippen MR) is 68.6 cm³/mol. The van der Waals surface area contributed by atoms with Crippen molar-refractivity contribution in [3.63, 3.8) is 0 Å². The van der Waals surface area contributed by atoms with E-state index >= 15 is 0 Å². The third kappa shape index (κ3) is 4.33. The minimum Gasteiger partial charge on any atom is -0.381 e. The molecule has 0 aromatic heterocycles. The molecule has 0 heterocycles. The van der Waals surface area contributed by atoms with Crippen molar-refractivity contribution in [2.45, 2.75) is 39.7 Å². The second-order valence-electron chi connectivity index (χ2n) is 4.43. The van der Waals surface area contributed by atoms with Gasteiger partial charge < -0.3 is 10.5 Å². The Kier molecular flexibility index (Phi) is 5.50. The number of benzene rings is 1. The number of ether oxygens (including phenoxy) is 1. The Labute approximate surface area is 98.8 Å². The maximum Gasteiger partial charge on any atom is 0.0484 e. The Morgan fingerprint density at radius 3 is 2.31 bits per heavy atom. The average Bonchev–Trinajstić information content (AvgIpc) is 2.22. The van der Waals surface area contributed by atoms with Crippen molar-refractivity contribution < 1.29 is 4.74 Å². The Bertz CT molecular complexity index is 302. The van der Waals surface area contributed by atoms with E-state index in [-0.39, 0.29) is 6.04 Å². The van der Waals surface area contributed by atoms with Crippen molar-refractivity contribution in [3.8, 4) is 0 Å². The summed E-state index contributed by atoms with van der Waals surface area (Å²) in [5, 5.41) is 0. The van der Waals surface area contributed by atoms with Crippen molar-refractivity contribution >= 4 is 0 Å². The van der Waals surface area contributed by atoms with Crippen LogP contribution in [0.4, 0.5) is 0 Å². The SMILES string of the molecule is CCCOCCC(N)c1cc(C)cc(C)c1. The molecule has 0 aliphatic rings. The smallest absolute Gasteiger partial charge is 0.0484 e. The molecule has 0 aliphatic heterocycles. The molecule has 1 unspecified atom stereocenters. The van der Waals surface area contributed by atoms with Gasteiger partial charge in [-0.3, -0.25) is 0 Å². The summed E-state index contributed by atoms with van der Waals surface area (Å²) in [6.45, 7) is 7.92. The van der Waals surface area contributed by atoms with Gasteiger partial charge in [0.05, 0.1) is 0 Å². The third-order valence-corrected chi connectivity index (χ3v) is 2.59. The fraction of sp³-hybridized carbons (Fsp3) is 0.571. The second-order valence-corrected chi connectivity index (χ2v) is 4.43. The minimum absolute atomic E-state index is 0.0930. The van der Waals surface area contributed by atoms with Gasteiger partial charge in [0.25, 0.3) is 0 Å². The van der Waals surface area contributed by atoms with Gasteiger partial charge in [0.2, 0.25) is 0 Å². The number of hydrogen-bond donors (Lipinski definition) is 1. The van der Waals surface area contributed by atoms with E-state index in [2.05, 4.69) is 39.0 Å². The zero-order chi connectivity index (χ0) is 12.0. The number of hydrogen-bond acceptors (Lipinski definition) is 2. The maximum atomic E-state index is 6.14. The molecule has 2 N–H and O–H groups in total. The van der Waals surface area contributed by atoms with Crippen LogP contribution >= 0.6 is 0 Å². The van der Waals surface area contributed by atoms with Gasteiger partial charge >= 0.3 is 0 Å². The largest absolute Gasteiger partial charge is 0.381 e. The summed E-state index contributed by atoms with van der Waals surface area (Å²) < 4.78 is 5.46. The molecule has 0 saturated heterocycles. The lowest BCUT2D eigenvalue weighted by atomic mass is 10.0. The molecule has 0 bridgehead atoms. The van der Waals surface area contributed by atoms with E-state index in [1.54, 1.807) is 0 Å². The molecular weight excluding hydrogens is 198 g/mol. The van der Waals surface area contributed by atoms with Crippen LogP contribution in [0.1, 0.15) is 42.5 Å². The van der Waals surface area contributed by atoms with E-state index in [1.165, 1.54) is 16.7 Å². The second kappa shape index (κ2) is 6.66. The molecule has 0 spiro atoms. The highest BCUT2D eigenvalue weighted by molar-refractivity contribution is 5.30. The Morgan fingerprint density at radius 2 is 1.75 bits per heavy atom. The monoisotopic (exact) mass is 221 g/mol. The van der Waals surface area contributed by atoms with Crippen molar-refractivity contribution in [2.24, 2.45) is 5.73 Å². The number of nitrogens with two attached hydrogens (primary N) is 1. The quantitative estimate of drug-likeness (QED) is 0.749. The summed E-state index contributed by atoms with van der Waals surface area (Å²) in [7, 11) is 0. The van der Waals surface area contributed by atoms with E-state index in [9.17, 15) is 0 Å². The highest BCUT2D eigenvalue weighted by atomic mass is 16.5. The van der Waals surface area contributed by atoms with Gasteiger partial charge in [-0.25, -0.2) is 0 Å². The Hall–Kier alpha value is -0.860. The minimum atomic E-state index is 0.0930.